The van der Waals surface area contributed by atoms with Crippen LogP contribution in [0, 0.1) is 0 Å². The van der Waals surface area contributed by atoms with Crippen molar-refractivity contribution in [2.24, 2.45) is 0 Å². The molecule has 1 amide bonds. The monoisotopic (exact) mass is 353 g/mol. The molecule has 25 heavy (non-hydrogen) atoms. The third kappa shape index (κ3) is 4.52. The molecular formula is C16H14F3N3O3. The number of ketones is 1. The molecule has 0 N–H and O–H groups in total. The molecular weight excluding hydrogens is 339 g/mol. The van der Waals surface area contributed by atoms with E-state index in [0.29, 0.717) is 11.1 Å². The maximum Gasteiger partial charge on any atom is 0.471 e. The lowest BCUT2D eigenvalue weighted by Gasteiger charge is -2.19. The predicted molar refractivity (Wildman–Crippen MR) is 81.0 cm³/mol. The largest absolute Gasteiger partial charge is 0.471 e. The number of Topliss-reactive ketones (excluding diaryl/α,β-unsaturated/α-hetero) is 1. The van der Waals surface area contributed by atoms with E-state index in [4.69, 9.17) is 0 Å². The van der Waals surface area contributed by atoms with Crippen molar-refractivity contribution in [3.05, 3.63) is 48.4 Å². The van der Waals surface area contributed by atoms with Gasteiger partial charge in [0.2, 0.25) is 11.6 Å². The number of alkyl halides is 3. The number of hydrogen-bond donors (Lipinski definition) is 0. The summed E-state index contributed by atoms with van der Waals surface area (Å²) in [5.41, 5.74) is 1.01. The van der Waals surface area contributed by atoms with Gasteiger partial charge in [0.1, 0.15) is 0 Å². The molecule has 0 bridgehead atoms. The van der Waals surface area contributed by atoms with Crippen molar-refractivity contribution in [2.75, 3.05) is 6.54 Å². The first-order chi connectivity index (χ1) is 11.7. The zero-order chi connectivity index (χ0) is 18.6. The highest BCUT2D eigenvalue weighted by molar-refractivity contribution is 6.35. The Kier molecular flexibility index (Phi) is 5.35. The highest BCUT2D eigenvalue weighted by Crippen LogP contribution is 2.29. The Labute approximate surface area is 140 Å². The van der Waals surface area contributed by atoms with Crippen LogP contribution in [0.2, 0.25) is 0 Å². The lowest BCUT2D eigenvalue weighted by Crippen LogP contribution is -2.35. The van der Waals surface area contributed by atoms with Crippen LogP contribution in [0.1, 0.15) is 18.4 Å². The van der Waals surface area contributed by atoms with E-state index in [1.807, 2.05) is 0 Å². The van der Waals surface area contributed by atoms with E-state index in [-0.39, 0.29) is 18.9 Å². The second kappa shape index (κ2) is 7.29. The van der Waals surface area contributed by atoms with Gasteiger partial charge in [0.25, 0.3) is 5.91 Å². The quantitative estimate of drug-likeness (QED) is 0.590. The fraction of sp³-hybridized carbons (Fsp3) is 0.250. The van der Waals surface area contributed by atoms with Gasteiger partial charge < -0.3 is 9.42 Å². The van der Waals surface area contributed by atoms with Crippen LogP contribution in [-0.4, -0.2) is 33.3 Å². The molecule has 0 saturated carbocycles. The number of benzene rings is 1. The van der Waals surface area contributed by atoms with Gasteiger partial charge in [0, 0.05) is 25.6 Å². The molecule has 1 aromatic carbocycles. The normalized spacial score (nSPS) is 11.2. The summed E-state index contributed by atoms with van der Waals surface area (Å²) in [4.78, 5) is 27.6. The zero-order valence-electron chi connectivity index (χ0n) is 13.2. The van der Waals surface area contributed by atoms with Crippen LogP contribution >= 0.6 is 0 Å². The van der Waals surface area contributed by atoms with Gasteiger partial charge in [-0.3, -0.25) is 9.59 Å². The number of aromatic nitrogens is 2. The molecule has 6 nitrogen and oxygen atoms in total. The Morgan fingerprint density at radius 1 is 1.28 bits per heavy atom. The maximum atomic E-state index is 12.5. The molecule has 0 unspecified atom stereocenters. The van der Waals surface area contributed by atoms with E-state index in [2.05, 4.69) is 21.2 Å². The standard InChI is InChI=1S/C16H14F3N3O3/c1-3-8-22(14(24)10(2)23)9-11-4-6-12(7-5-11)13-20-15(25-21-13)16(17,18)19/h3-7H,1,8-9H2,2H3. The van der Waals surface area contributed by atoms with Crippen LogP contribution in [0.15, 0.2) is 41.4 Å². The Hall–Kier alpha value is -2.97. The summed E-state index contributed by atoms with van der Waals surface area (Å²) in [5.74, 6) is -2.85. The Balaban J connectivity index is 2.16. The third-order valence-corrected chi connectivity index (χ3v) is 3.19. The van der Waals surface area contributed by atoms with E-state index in [9.17, 15) is 22.8 Å². The first-order valence-corrected chi connectivity index (χ1v) is 7.13. The molecule has 0 aliphatic rings. The molecule has 0 aliphatic heterocycles. The van der Waals surface area contributed by atoms with E-state index in [1.165, 1.54) is 30.0 Å². The van der Waals surface area contributed by atoms with Crippen LogP contribution in [0.3, 0.4) is 0 Å². The van der Waals surface area contributed by atoms with Gasteiger partial charge in [-0.2, -0.15) is 18.2 Å². The van der Waals surface area contributed by atoms with Gasteiger partial charge in [-0.15, -0.1) is 6.58 Å². The number of rotatable bonds is 6. The fourth-order valence-corrected chi connectivity index (χ4v) is 2.03. The minimum Gasteiger partial charge on any atom is -0.329 e. The molecule has 0 atom stereocenters. The second-order valence-electron chi connectivity index (χ2n) is 5.15. The number of halogens is 3. The summed E-state index contributed by atoms with van der Waals surface area (Å²) in [7, 11) is 0. The SMILES string of the molecule is C=CCN(Cc1ccc(-c2noc(C(F)(F)F)n2)cc1)C(=O)C(C)=O. The van der Waals surface area contributed by atoms with Gasteiger partial charge >= 0.3 is 12.1 Å². The number of carbonyl (C=O) groups excluding carboxylic acids is 2. The van der Waals surface area contributed by atoms with Crippen molar-refractivity contribution in [2.45, 2.75) is 19.6 Å². The topological polar surface area (TPSA) is 76.3 Å². The van der Waals surface area contributed by atoms with Crippen LogP contribution in [0.4, 0.5) is 13.2 Å². The van der Waals surface area contributed by atoms with E-state index < -0.39 is 23.8 Å². The van der Waals surface area contributed by atoms with Crippen LogP contribution in [0.5, 0.6) is 0 Å². The molecule has 0 spiro atoms. The summed E-state index contributed by atoms with van der Waals surface area (Å²) in [6, 6.07) is 6.21. The Morgan fingerprint density at radius 2 is 1.92 bits per heavy atom. The highest BCUT2D eigenvalue weighted by atomic mass is 19.4. The van der Waals surface area contributed by atoms with Crippen molar-refractivity contribution < 1.29 is 27.3 Å². The minimum absolute atomic E-state index is 0.157. The molecule has 1 heterocycles. The second-order valence-corrected chi connectivity index (χ2v) is 5.15. The molecule has 2 aromatic rings. The zero-order valence-corrected chi connectivity index (χ0v) is 13.2. The van der Waals surface area contributed by atoms with E-state index >= 15 is 0 Å². The van der Waals surface area contributed by atoms with Crippen molar-refractivity contribution in [1.29, 1.82) is 0 Å². The molecule has 9 heteroatoms. The first-order valence-electron chi connectivity index (χ1n) is 7.13. The van der Waals surface area contributed by atoms with Crippen molar-refractivity contribution in [3.8, 4) is 11.4 Å². The molecule has 1 aromatic heterocycles. The Morgan fingerprint density at radius 3 is 2.40 bits per heavy atom. The number of hydrogen-bond acceptors (Lipinski definition) is 5. The van der Waals surface area contributed by atoms with Crippen LogP contribution in [-0.2, 0) is 22.3 Å². The maximum absolute atomic E-state index is 12.5. The van der Waals surface area contributed by atoms with Gasteiger partial charge in [0.15, 0.2) is 0 Å². The summed E-state index contributed by atoms with van der Waals surface area (Å²) >= 11 is 0. The lowest BCUT2D eigenvalue weighted by molar-refractivity contribution is -0.159. The number of carbonyl (C=O) groups is 2. The Bertz CT molecular complexity index is 782. The van der Waals surface area contributed by atoms with Crippen molar-refractivity contribution >= 4 is 11.7 Å². The average molecular weight is 353 g/mol. The average Bonchev–Trinajstić information content (AvgIpc) is 3.04. The van der Waals surface area contributed by atoms with Gasteiger partial charge in [-0.1, -0.05) is 35.5 Å². The summed E-state index contributed by atoms with van der Waals surface area (Å²) in [6.07, 6.45) is -3.21. The minimum atomic E-state index is -4.70. The smallest absolute Gasteiger partial charge is 0.329 e. The van der Waals surface area contributed by atoms with E-state index in [1.54, 1.807) is 12.1 Å². The predicted octanol–water partition coefficient (Wildman–Crippen LogP) is 2.86. The summed E-state index contributed by atoms with van der Waals surface area (Å²) in [6.45, 7) is 5.06. The van der Waals surface area contributed by atoms with Gasteiger partial charge in [-0.25, -0.2) is 0 Å². The van der Waals surface area contributed by atoms with Gasteiger partial charge in [0.05, 0.1) is 0 Å². The lowest BCUT2D eigenvalue weighted by atomic mass is 10.1. The van der Waals surface area contributed by atoms with Crippen LogP contribution < -0.4 is 0 Å². The number of amides is 1. The number of nitrogens with zero attached hydrogens (tertiary/aromatic N) is 3. The third-order valence-electron chi connectivity index (χ3n) is 3.19. The highest BCUT2D eigenvalue weighted by Gasteiger charge is 2.38. The molecule has 0 radical (unpaired) electrons. The molecule has 0 saturated heterocycles. The summed E-state index contributed by atoms with van der Waals surface area (Å²) < 4.78 is 41.6. The molecule has 0 fully saturated rings. The van der Waals surface area contributed by atoms with E-state index in [0.717, 1.165) is 0 Å². The molecule has 2 rings (SSSR count). The summed E-state index contributed by atoms with van der Waals surface area (Å²) in [5, 5.41) is 3.30. The van der Waals surface area contributed by atoms with Crippen molar-refractivity contribution in [3.63, 3.8) is 0 Å². The van der Waals surface area contributed by atoms with Crippen LogP contribution in [0.25, 0.3) is 11.4 Å². The van der Waals surface area contributed by atoms with Gasteiger partial charge in [-0.05, 0) is 5.56 Å². The molecule has 0 aliphatic carbocycles. The fourth-order valence-electron chi connectivity index (χ4n) is 2.03. The first kappa shape index (κ1) is 18.4. The molecule has 132 valence electrons. The van der Waals surface area contributed by atoms with Crippen molar-refractivity contribution in [1.82, 2.24) is 15.0 Å².